The molecule has 0 bridgehead atoms. The molecule has 0 aliphatic carbocycles. The Morgan fingerprint density at radius 2 is 1.73 bits per heavy atom. The predicted octanol–water partition coefficient (Wildman–Crippen LogP) is 4.24. The van der Waals surface area contributed by atoms with Gasteiger partial charge in [0.2, 0.25) is 0 Å². The zero-order valence-corrected chi connectivity index (χ0v) is 8.82. The van der Waals surface area contributed by atoms with E-state index < -0.39 is 0 Å². The maximum absolute atomic E-state index is 5.82. The van der Waals surface area contributed by atoms with Gasteiger partial charge in [0.1, 0.15) is 0 Å². The average Bonchev–Trinajstić information content (AvgIpc) is 1.97. The molecule has 0 radical (unpaired) electrons. The third kappa shape index (κ3) is 1.78. The fourth-order valence-corrected chi connectivity index (χ4v) is 1.65. The Labute approximate surface area is 85.9 Å². The topological polar surface area (TPSA) is 0 Å². The molecule has 1 rings (SSSR count). The summed E-state index contributed by atoms with van der Waals surface area (Å²) in [6.07, 6.45) is 0. The first-order chi connectivity index (χ1) is 5.04. The van der Waals surface area contributed by atoms with Gasteiger partial charge in [-0.2, -0.15) is 0 Å². The molecule has 0 saturated heterocycles. The molecule has 4 heteroatoms. The van der Waals surface area contributed by atoms with Crippen molar-refractivity contribution in [3.8, 4) is 0 Å². The molecule has 11 heavy (non-hydrogen) atoms. The molecule has 0 atom stereocenters. The monoisotopic (exact) mass is 226 g/mol. The zero-order valence-electron chi connectivity index (χ0n) is 5.66. The molecule has 0 amide bonds. The molecular formula is C7H5Cl3S. The second-order valence-electron chi connectivity index (χ2n) is 2.13. The minimum Gasteiger partial charge on any atom is -0.142 e. The fraction of sp³-hybridized carbons (Fsp3) is 0.143. The van der Waals surface area contributed by atoms with Gasteiger partial charge in [0.25, 0.3) is 0 Å². The summed E-state index contributed by atoms with van der Waals surface area (Å²) in [4.78, 5) is 0.682. The van der Waals surface area contributed by atoms with Crippen LogP contribution in [0.4, 0.5) is 0 Å². The van der Waals surface area contributed by atoms with Crippen molar-refractivity contribution in [3.63, 3.8) is 0 Å². The Balaban J connectivity index is 3.46. The van der Waals surface area contributed by atoms with Crippen LogP contribution in [0.3, 0.4) is 0 Å². The molecule has 0 nitrogen and oxygen atoms in total. The lowest BCUT2D eigenvalue weighted by Gasteiger charge is -2.05. The van der Waals surface area contributed by atoms with Crippen LogP contribution < -0.4 is 0 Å². The lowest BCUT2D eigenvalue weighted by atomic mass is 10.2. The average molecular weight is 228 g/mol. The van der Waals surface area contributed by atoms with E-state index in [9.17, 15) is 0 Å². The highest BCUT2D eigenvalue weighted by Crippen LogP contribution is 2.34. The normalized spacial score (nSPS) is 10.3. The molecule has 0 unspecified atom stereocenters. The Morgan fingerprint density at radius 1 is 1.18 bits per heavy atom. The lowest BCUT2D eigenvalue weighted by Crippen LogP contribution is -1.81. The Morgan fingerprint density at radius 3 is 2.27 bits per heavy atom. The summed E-state index contributed by atoms with van der Waals surface area (Å²) in [5.41, 5.74) is 0.813. The lowest BCUT2D eigenvalue weighted by molar-refractivity contribution is 1.31. The van der Waals surface area contributed by atoms with Crippen LogP contribution in [0.2, 0.25) is 15.1 Å². The van der Waals surface area contributed by atoms with E-state index in [0.29, 0.717) is 20.0 Å². The van der Waals surface area contributed by atoms with E-state index in [-0.39, 0.29) is 0 Å². The SMILES string of the molecule is Cc1c(S)c(Cl)cc(Cl)c1Cl. The van der Waals surface area contributed by atoms with Crippen molar-refractivity contribution in [3.05, 3.63) is 26.7 Å². The van der Waals surface area contributed by atoms with Gasteiger partial charge in [-0.25, -0.2) is 0 Å². The molecule has 0 aliphatic heterocycles. The van der Waals surface area contributed by atoms with Crippen LogP contribution >= 0.6 is 47.4 Å². The van der Waals surface area contributed by atoms with Gasteiger partial charge in [-0.05, 0) is 18.6 Å². The summed E-state index contributed by atoms with van der Waals surface area (Å²) >= 11 is 21.5. The van der Waals surface area contributed by atoms with Crippen molar-refractivity contribution < 1.29 is 0 Å². The van der Waals surface area contributed by atoms with Crippen molar-refractivity contribution in [2.75, 3.05) is 0 Å². The number of thiol groups is 1. The highest BCUT2D eigenvalue weighted by Gasteiger charge is 2.07. The Bertz CT molecular complexity index is 270. The van der Waals surface area contributed by atoms with Crippen molar-refractivity contribution in [2.24, 2.45) is 0 Å². The van der Waals surface area contributed by atoms with Crippen LogP contribution in [0.25, 0.3) is 0 Å². The number of rotatable bonds is 0. The standard InChI is InChI=1S/C7H5Cl3S/c1-3-6(10)4(8)2-5(9)7(3)11/h2,11H,1H3. The third-order valence-corrected chi connectivity index (χ3v) is 3.26. The number of halogens is 3. The Hall–Kier alpha value is 0.440. The number of hydrogen-bond acceptors (Lipinski definition) is 1. The van der Waals surface area contributed by atoms with Crippen LogP contribution in [0.5, 0.6) is 0 Å². The van der Waals surface area contributed by atoms with E-state index in [1.54, 1.807) is 6.07 Å². The molecule has 0 aromatic heterocycles. The van der Waals surface area contributed by atoms with Gasteiger partial charge in [0.15, 0.2) is 0 Å². The maximum atomic E-state index is 5.82. The van der Waals surface area contributed by atoms with Crippen LogP contribution in [-0.4, -0.2) is 0 Å². The van der Waals surface area contributed by atoms with Gasteiger partial charge >= 0.3 is 0 Å². The van der Waals surface area contributed by atoms with Crippen LogP contribution in [0, 0.1) is 6.92 Å². The van der Waals surface area contributed by atoms with Crippen molar-refractivity contribution in [2.45, 2.75) is 11.8 Å². The predicted molar refractivity (Wildman–Crippen MR) is 53.5 cm³/mol. The number of hydrogen-bond donors (Lipinski definition) is 1. The molecule has 0 fully saturated rings. The highest BCUT2D eigenvalue weighted by atomic mass is 35.5. The second kappa shape index (κ2) is 3.44. The van der Waals surface area contributed by atoms with Crippen LogP contribution in [0.1, 0.15) is 5.56 Å². The largest absolute Gasteiger partial charge is 0.142 e. The molecule has 0 spiro atoms. The summed E-state index contributed by atoms with van der Waals surface area (Å²) in [7, 11) is 0. The smallest absolute Gasteiger partial charge is 0.0633 e. The Kier molecular flexibility index (Phi) is 2.98. The van der Waals surface area contributed by atoms with E-state index in [1.165, 1.54) is 0 Å². The first kappa shape index (κ1) is 9.53. The quantitative estimate of drug-likeness (QED) is 0.497. The summed E-state index contributed by atoms with van der Waals surface area (Å²) in [6, 6.07) is 1.58. The molecule has 0 saturated carbocycles. The van der Waals surface area contributed by atoms with Crippen molar-refractivity contribution >= 4 is 47.4 Å². The van der Waals surface area contributed by atoms with Gasteiger partial charge in [0.05, 0.1) is 15.1 Å². The molecule has 0 heterocycles. The summed E-state index contributed by atoms with van der Waals surface area (Å²) < 4.78 is 0. The van der Waals surface area contributed by atoms with Gasteiger partial charge in [-0.3, -0.25) is 0 Å². The first-order valence-electron chi connectivity index (χ1n) is 2.87. The summed E-state index contributed by atoms with van der Waals surface area (Å²) in [5.74, 6) is 0. The fourth-order valence-electron chi connectivity index (χ4n) is 0.705. The minimum absolute atomic E-state index is 0.465. The van der Waals surface area contributed by atoms with E-state index in [1.807, 2.05) is 6.92 Å². The van der Waals surface area contributed by atoms with Gasteiger partial charge < -0.3 is 0 Å². The van der Waals surface area contributed by atoms with Gasteiger partial charge in [-0.15, -0.1) is 12.6 Å². The highest BCUT2D eigenvalue weighted by molar-refractivity contribution is 7.80. The van der Waals surface area contributed by atoms with E-state index in [2.05, 4.69) is 12.6 Å². The molecule has 1 aromatic rings. The minimum atomic E-state index is 0.465. The third-order valence-electron chi connectivity index (χ3n) is 1.37. The van der Waals surface area contributed by atoms with Gasteiger partial charge in [0, 0.05) is 4.90 Å². The van der Waals surface area contributed by atoms with Crippen molar-refractivity contribution in [1.29, 1.82) is 0 Å². The maximum Gasteiger partial charge on any atom is 0.0633 e. The summed E-state index contributed by atoms with van der Waals surface area (Å²) in [5, 5.41) is 1.51. The zero-order chi connectivity index (χ0) is 8.59. The molecule has 0 N–H and O–H groups in total. The van der Waals surface area contributed by atoms with E-state index >= 15 is 0 Å². The molecule has 1 aromatic carbocycles. The number of benzene rings is 1. The van der Waals surface area contributed by atoms with Crippen LogP contribution in [0.15, 0.2) is 11.0 Å². The van der Waals surface area contributed by atoms with Crippen LogP contribution in [-0.2, 0) is 0 Å². The molecule has 60 valence electrons. The van der Waals surface area contributed by atoms with E-state index in [4.69, 9.17) is 34.8 Å². The van der Waals surface area contributed by atoms with Gasteiger partial charge in [-0.1, -0.05) is 34.8 Å². The molecular weight excluding hydrogens is 223 g/mol. The molecule has 0 aliphatic rings. The van der Waals surface area contributed by atoms with Crippen molar-refractivity contribution in [1.82, 2.24) is 0 Å². The second-order valence-corrected chi connectivity index (χ2v) is 3.77. The summed E-state index contributed by atoms with van der Waals surface area (Å²) in [6.45, 7) is 1.82. The van der Waals surface area contributed by atoms with E-state index in [0.717, 1.165) is 5.56 Å². The first-order valence-corrected chi connectivity index (χ1v) is 4.45.